The van der Waals surface area contributed by atoms with E-state index in [0.29, 0.717) is 24.0 Å². The predicted octanol–water partition coefficient (Wildman–Crippen LogP) is 2.30. The van der Waals surface area contributed by atoms with E-state index in [9.17, 15) is 0 Å². The molecule has 0 saturated carbocycles. The first-order valence-electron chi connectivity index (χ1n) is 7.34. The molecular formula is C15H21ClN2O2. The zero-order chi connectivity index (χ0) is 13.8. The first-order valence-corrected chi connectivity index (χ1v) is 7.72. The summed E-state index contributed by atoms with van der Waals surface area (Å²) in [7, 11) is 0. The zero-order valence-electron chi connectivity index (χ0n) is 11.7. The Morgan fingerprint density at radius 2 is 2.00 bits per heavy atom. The van der Waals surface area contributed by atoms with Crippen LogP contribution in [0.1, 0.15) is 18.4 Å². The van der Waals surface area contributed by atoms with Gasteiger partial charge in [-0.2, -0.15) is 0 Å². The van der Waals surface area contributed by atoms with Crippen molar-refractivity contribution in [2.45, 2.75) is 19.4 Å². The molecule has 0 spiro atoms. The van der Waals surface area contributed by atoms with Gasteiger partial charge >= 0.3 is 0 Å². The predicted molar refractivity (Wildman–Crippen MR) is 79.8 cm³/mol. The highest BCUT2D eigenvalue weighted by molar-refractivity contribution is 6.32. The van der Waals surface area contributed by atoms with Crippen LogP contribution in [0.15, 0.2) is 12.1 Å². The molecule has 0 bridgehead atoms. The summed E-state index contributed by atoms with van der Waals surface area (Å²) in [6.45, 7) is 6.64. The Bertz CT molecular complexity index is 459. The number of halogens is 1. The number of hydrogen-bond donors (Lipinski definition) is 1. The molecule has 5 heteroatoms. The van der Waals surface area contributed by atoms with Crippen LogP contribution in [0.4, 0.5) is 0 Å². The van der Waals surface area contributed by atoms with Crippen LogP contribution in [-0.4, -0.2) is 44.3 Å². The smallest absolute Gasteiger partial charge is 0.179 e. The summed E-state index contributed by atoms with van der Waals surface area (Å²) in [5.74, 6) is 1.49. The fourth-order valence-electron chi connectivity index (χ4n) is 2.69. The number of hydrogen-bond acceptors (Lipinski definition) is 4. The zero-order valence-corrected chi connectivity index (χ0v) is 12.4. The lowest BCUT2D eigenvalue weighted by Gasteiger charge is -2.20. The molecule has 1 aromatic rings. The minimum absolute atomic E-state index is 0.660. The van der Waals surface area contributed by atoms with Crippen LogP contribution in [0.5, 0.6) is 11.5 Å². The summed E-state index contributed by atoms with van der Waals surface area (Å²) >= 11 is 6.33. The summed E-state index contributed by atoms with van der Waals surface area (Å²) in [6.07, 6.45) is 2.09. The van der Waals surface area contributed by atoms with Crippen LogP contribution in [-0.2, 0) is 6.54 Å². The Hall–Kier alpha value is -0.970. The fourth-order valence-corrected chi connectivity index (χ4v) is 2.98. The summed E-state index contributed by atoms with van der Waals surface area (Å²) in [5.41, 5.74) is 1.20. The highest BCUT2D eigenvalue weighted by atomic mass is 35.5. The normalized spacial score (nSPS) is 20.2. The second kappa shape index (κ2) is 6.66. The minimum Gasteiger partial charge on any atom is -0.489 e. The van der Waals surface area contributed by atoms with Crippen molar-refractivity contribution in [3.8, 4) is 11.5 Å². The van der Waals surface area contributed by atoms with Crippen LogP contribution in [0, 0.1) is 0 Å². The van der Waals surface area contributed by atoms with Crippen LogP contribution in [0.2, 0.25) is 5.02 Å². The highest BCUT2D eigenvalue weighted by Gasteiger charge is 2.17. The molecule has 1 aromatic carbocycles. The Kier molecular flexibility index (Phi) is 4.65. The van der Waals surface area contributed by atoms with Gasteiger partial charge in [-0.05, 0) is 37.2 Å². The van der Waals surface area contributed by atoms with E-state index in [0.717, 1.165) is 44.9 Å². The molecule has 0 unspecified atom stereocenters. The molecule has 0 aromatic heterocycles. The van der Waals surface area contributed by atoms with Gasteiger partial charge in [0.2, 0.25) is 0 Å². The second-order valence-corrected chi connectivity index (χ2v) is 5.74. The lowest BCUT2D eigenvalue weighted by Crippen LogP contribution is -2.27. The average molecular weight is 297 g/mol. The van der Waals surface area contributed by atoms with Gasteiger partial charge in [0, 0.05) is 26.1 Å². The van der Waals surface area contributed by atoms with E-state index in [1.54, 1.807) is 0 Å². The average Bonchev–Trinajstić information content (AvgIpc) is 2.81. The maximum atomic E-state index is 6.33. The monoisotopic (exact) mass is 296 g/mol. The van der Waals surface area contributed by atoms with Crippen molar-refractivity contribution >= 4 is 11.6 Å². The molecule has 1 fully saturated rings. The van der Waals surface area contributed by atoms with Crippen molar-refractivity contribution in [1.82, 2.24) is 10.2 Å². The number of nitrogens with zero attached hydrogens (tertiary/aromatic N) is 1. The quantitative estimate of drug-likeness (QED) is 0.908. The number of ether oxygens (including phenoxy) is 2. The Morgan fingerprint density at radius 1 is 1.10 bits per heavy atom. The fraction of sp³-hybridized carbons (Fsp3) is 0.600. The van der Waals surface area contributed by atoms with Gasteiger partial charge in [0.25, 0.3) is 0 Å². The van der Waals surface area contributed by atoms with Crippen LogP contribution >= 0.6 is 11.6 Å². The van der Waals surface area contributed by atoms with Gasteiger partial charge in [0.05, 0.1) is 18.2 Å². The molecule has 0 atom stereocenters. The molecule has 2 aliphatic heterocycles. The summed E-state index contributed by atoms with van der Waals surface area (Å²) in [6, 6.07) is 4.08. The van der Waals surface area contributed by atoms with Crippen molar-refractivity contribution < 1.29 is 9.47 Å². The first kappa shape index (κ1) is 14.0. The van der Waals surface area contributed by atoms with Crippen molar-refractivity contribution in [1.29, 1.82) is 0 Å². The number of fused-ring (bicyclic) bond motifs is 1. The summed E-state index contributed by atoms with van der Waals surface area (Å²) in [4.78, 5) is 2.45. The Morgan fingerprint density at radius 3 is 2.95 bits per heavy atom. The van der Waals surface area contributed by atoms with Gasteiger partial charge in [-0.1, -0.05) is 11.6 Å². The largest absolute Gasteiger partial charge is 0.489 e. The number of rotatable bonds is 2. The molecule has 1 N–H and O–H groups in total. The van der Waals surface area contributed by atoms with Gasteiger partial charge in [0.1, 0.15) is 0 Å². The molecule has 2 aliphatic rings. The lowest BCUT2D eigenvalue weighted by atomic mass is 10.2. The van der Waals surface area contributed by atoms with Gasteiger partial charge < -0.3 is 14.8 Å². The standard InChI is InChI=1S/C15H21ClN2O2/c16-13-9-12(11-18-5-1-3-17-4-6-18)10-14-15(13)20-8-2-7-19-14/h9-10,17H,1-8,11H2. The Labute approximate surface area is 125 Å². The minimum atomic E-state index is 0.660. The molecule has 3 rings (SSSR count). The first-order chi connectivity index (χ1) is 9.83. The van der Waals surface area contributed by atoms with Crippen LogP contribution in [0.25, 0.3) is 0 Å². The van der Waals surface area contributed by atoms with Crippen LogP contribution < -0.4 is 14.8 Å². The third kappa shape index (κ3) is 3.37. The Balaban J connectivity index is 1.76. The molecule has 20 heavy (non-hydrogen) atoms. The summed E-state index contributed by atoms with van der Waals surface area (Å²) < 4.78 is 11.4. The molecule has 2 heterocycles. The molecule has 1 saturated heterocycles. The van der Waals surface area contributed by atoms with Gasteiger partial charge in [-0.3, -0.25) is 4.90 Å². The van der Waals surface area contributed by atoms with Crippen molar-refractivity contribution in [3.63, 3.8) is 0 Å². The van der Waals surface area contributed by atoms with E-state index in [-0.39, 0.29) is 0 Å². The molecule has 0 radical (unpaired) electrons. The summed E-state index contributed by atoms with van der Waals surface area (Å²) in [5, 5.41) is 4.08. The maximum Gasteiger partial charge on any atom is 0.179 e. The van der Waals surface area contributed by atoms with E-state index in [4.69, 9.17) is 21.1 Å². The van der Waals surface area contributed by atoms with E-state index < -0.39 is 0 Å². The van der Waals surface area contributed by atoms with Crippen LogP contribution in [0.3, 0.4) is 0 Å². The molecule has 0 amide bonds. The highest BCUT2D eigenvalue weighted by Crippen LogP contribution is 2.38. The molecular weight excluding hydrogens is 276 g/mol. The van der Waals surface area contributed by atoms with Crippen molar-refractivity contribution in [2.24, 2.45) is 0 Å². The maximum absolute atomic E-state index is 6.33. The van der Waals surface area contributed by atoms with Gasteiger partial charge in [-0.15, -0.1) is 0 Å². The van der Waals surface area contributed by atoms with E-state index in [1.807, 2.05) is 6.07 Å². The van der Waals surface area contributed by atoms with Crippen molar-refractivity contribution in [2.75, 3.05) is 39.4 Å². The SMILES string of the molecule is Clc1cc(CN2CCCNCC2)cc2c1OCCCO2. The van der Waals surface area contributed by atoms with Gasteiger partial charge in [0.15, 0.2) is 11.5 Å². The third-order valence-electron chi connectivity index (χ3n) is 3.70. The third-order valence-corrected chi connectivity index (χ3v) is 3.98. The molecule has 4 nitrogen and oxygen atoms in total. The number of benzene rings is 1. The molecule has 0 aliphatic carbocycles. The molecule has 110 valence electrons. The second-order valence-electron chi connectivity index (χ2n) is 5.34. The van der Waals surface area contributed by atoms with E-state index in [2.05, 4.69) is 16.3 Å². The lowest BCUT2D eigenvalue weighted by molar-refractivity contribution is 0.283. The van der Waals surface area contributed by atoms with E-state index in [1.165, 1.54) is 12.0 Å². The topological polar surface area (TPSA) is 33.7 Å². The van der Waals surface area contributed by atoms with Gasteiger partial charge in [-0.25, -0.2) is 0 Å². The van der Waals surface area contributed by atoms with Crippen molar-refractivity contribution in [3.05, 3.63) is 22.7 Å². The number of nitrogens with one attached hydrogen (secondary N) is 1. The van der Waals surface area contributed by atoms with E-state index >= 15 is 0 Å².